The standard InChI is InChI=1S/C12H11ClFN3O2/c1-16-6-9(15)11(18)17(12(16)19)5-7-3-2-4-8(14)10(7)13/h2-4,6H,5,15H2,1H3. The number of aryl methyl sites for hydroxylation is 1. The van der Waals surface area contributed by atoms with Crippen molar-refractivity contribution in [2.24, 2.45) is 7.05 Å². The van der Waals surface area contributed by atoms with Gasteiger partial charge in [0.15, 0.2) is 0 Å². The second-order valence-corrected chi connectivity index (χ2v) is 4.46. The number of hydrogen-bond donors (Lipinski definition) is 1. The van der Waals surface area contributed by atoms with Gasteiger partial charge in [0.2, 0.25) is 0 Å². The first kappa shape index (κ1) is 13.4. The van der Waals surface area contributed by atoms with Gasteiger partial charge < -0.3 is 10.3 Å². The smallest absolute Gasteiger partial charge is 0.331 e. The number of benzene rings is 1. The molecule has 100 valence electrons. The van der Waals surface area contributed by atoms with Crippen LogP contribution in [-0.2, 0) is 13.6 Å². The highest BCUT2D eigenvalue weighted by Gasteiger charge is 2.11. The molecule has 0 atom stereocenters. The fourth-order valence-corrected chi connectivity index (χ4v) is 1.92. The highest BCUT2D eigenvalue weighted by molar-refractivity contribution is 6.31. The zero-order valence-corrected chi connectivity index (χ0v) is 10.8. The number of halogens is 2. The SMILES string of the molecule is Cn1cc(N)c(=O)n(Cc2cccc(F)c2Cl)c1=O. The second-order valence-electron chi connectivity index (χ2n) is 4.08. The molecule has 1 aromatic heterocycles. The maximum Gasteiger partial charge on any atom is 0.331 e. The lowest BCUT2D eigenvalue weighted by molar-refractivity contribution is 0.614. The Labute approximate surface area is 112 Å². The van der Waals surface area contributed by atoms with Gasteiger partial charge in [0, 0.05) is 13.2 Å². The first-order chi connectivity index (χ1) is 8.91. The molecule has 0 amide bonds. The van der Waals surface area contributed by atoms with Gasteiger partial charge in [0.1, 0.15) is 11.5 Å². The fourth-order valence-electron chi connectivity index (χ4n) is 1.73. The molecule has 1 aromatic carbocycles. The lowest BCUT2D eigenvalue weighted by Crippen LogP contribution is -2.40. The Kier molecular flexibility index (Phi) is 3.44. The summed E-state index contributed by atoms with van der Waals surface area (Å²) in [6.07, 6.45) is 1.24. The van der Waals surface area contributed by atoms with Gasteiger partial charge in [0.05, 0.1) is 11.6 Å². The van der Waals surface area contributed by atoms with Crippen LogP contribution in [-0.4, -0.2) is 9.13 Å². The summed E-state index contributed by atoms with van der Waals surface area (Å²) < 4.78 is 15.4. The van der Waals surface area contributed by atoms with Crippen molar-refractivity contribution in [3.63, 3.8) is 0 Å². The molecule has 0 fully saturated rings. The van der Waals surface area contributed by atoms with E-state index >= 15 is 0 Å². The summed E-state index contributed by atoms with van der Waals surface area (Å²) in [5.74, 6) is -0.604. The predicted molar refractivity (Wildman–Crippen MR) is 70.9 cm³/mol. The summed E-state index contributed by atoms with van der Waals surface area (Å²) >= 11 is 5.80. The number of hydrogen-bond acceptors (Lipinski definition) is 3. The number of anilines is 1. The molecule has 2 rings (SSSR count). The van der Waals surface area contributed by atoms with E-state index in [0.717, 1.165) is 4.57 Å². The molecule has 0 aliphatic heterocycles. The van der Waals surface area contributed by atoms with Crippen LogP contribution < -0.4 is 17.0 Å². The quantitative estimate of drug-likeness (QED) is 0.893. The molecule has 0 radical (unpaired) electrons. The van der Waals surface area contributed by atoms with Crippen LogP contribution >= 0.6 is 11.6 Å². The maximum atomic E-state index is 13.3. The zero-order valence-electron chi connectivity index (χ0n) is 10.1. The number of nitrogen functional groups attached to an aromatic ring is 1. The minimum Gasteiger partial charge on any atom is -0.393 e. The maximum absolute atomic E-state index is 13.3. The van der Waals surface area contributed by atoms with Crippen LogP contribution in [0.1, 0.15) is 5.56 Å². The first-order valence-corrected chi connectivity index (χ1v) is 5.78. The van der Waals surface area contributed by atoms with Gasteiger partial charge >= 0.3 is 5.69 Å². The molecule has 0 spiro atoms. The van der Waals surface area contributed by atoms with Crippen LogP contribution in [0.3, 0.4) is 0 Å². The number of aromatic nitrogens is 2. The lowest BCUT2D eigenvalue weighted by Gasteiger charge is -2.09. The van der Waals surface area contributed by atoms with Crippen LogP contribution in [0.2, 0.25) is 5.02 Å². The second kappa shape index (κ2) is 4.89. The van der Waals surface area contributed by atoms with Gasteiger partial charge in [-0.3, -0.25) is 9.36 Å². The van der Waals surface area contributed by atoms with Crippen molar-refractivity contribution < 1.29 is 4.39 Å². The third-order valence-corrected chi connectivity index (χ3v) is 3.14. The predicted octanol–water partition coefficient (Wildman–Crippen LogP) is 0.970. The first-order valence-electron chi connectivity index (χ1n) is 5.40. The minimum atomic E-state index is -0.622. The number of rotatable bonds is 2. The Balaban J connectivity index is 2.59. The highest BCUT2D eigenvalue weighted by atomic mass is 35.5. The molecule has 7 heteroatoms. The molecule has 1 heterocycles. The van der Waals surface area contributed by atoms with Gasteiger partial charge in [-0.2, -0.15) is 0 Å². The summed E-state index contributed by atoms with van der Waals surface area (Å²) in [7, 11) is 1.47. The molecule has 2 aromatic rings. The molecule has 5 nitrogen and oxygen atoms in total. The van der Waals surface area contributed by atoms with Crippen LogP contribution in [0.15, 0.2) is 34.0 Å². The highest BCUT2D eigenvalue weighted by Crippen LogP contribution is 2.19. The van der Waals surface area contributed by atoms with E-state index in [9.17, 15) is 14.0 Å². The van der Waals surface area contributed by atoms with Crippen molar-refractivity contribution in [1.29, 1.82) is 0 Å². The van der Waals surface area contributed by atoms with E-state index in [2.05, 4.69) is 0 Å². The Hall–Kier alpha value is -2.08. The fraction of sp³-hybridized carbons (Fsp3) is 0.167. The molecule has 0 aliphatic rings. The van der Waals surface area contributed by atoms with Crippen LogP contribution in [0.4, 0.5) is 10.1 Å². The summed E-state index contributed by atoms with van der Waals surface area (Å²) in [5, 5.41) is -0.112. The van der Waals surface area contributed by atoms with Gasteiger partial charge in [-0.1, -0.05) is 23.7 Å². The van der Waals surface area contributed by atoms with E-state index in [1.165, 1.54) is 29.9 Å². The van der Waals surface area contributed by atoms with Gasteiger partial charge in [0.25, 0.3) is 5.56 Å². The molecule has 19 heavy (non-hydrogen) atoms. The summed E-state index contributed by atoms with van der Waals surface area (Å²) in [5.41, 5.74) is 4.63. The van der Waals surface area contributed by atoms with Gasteiger partial charge in [-0.05, 0) is 11.6 Å². The number of nitrogens with two attached hydrogens (primary N) is 1. The van der Waals surface area contributed by atoms with E-state index in [0.29, 0.717) is 5.56 Å². The lowest BCUT2D eigenvalue weighted by atomic mass is 10.2. The third-order valence-electron chi connectivity index (χ3n) is 2.72. The van der Waals surface area contributed by atoms with E-state index in [1.807, 2.05) is 0 Å². The average Bonchev–Trinajstić information content (AvgIpc) is 2.37. The van der Waals surface area contributed by atoms with Gasteiger partial charge in [-0.15, -0.1) is 0 Å². The monoisotopic (exact) mass is 283 g/mol. The summed E-state index contributed by atoms with van der Waals surface area (Å²) in [6, 6.07) is 4.20. The molecule has 0 saturated carbocycles. The normalized spacial score (nSPS) is 10.7. The van der Waals surface area contributed by atoms with E-state index in [1.54, 1.807) is 6.07 Å². The molecule has 2 N–H and O–H groups in total. The Morgan fingerprint density at radius 3 is 2.74 bits per heavy atom. The van der Waals surface area contributed by atoms with Crippen LogP contribution in [0.25, 0.3) is 0 Å². The topological polar surface area (TPSA) is 70.0 Å². The molecule has 0 saturated heterocycles. The van der Waals surface area contributed by atoms with Gasteiger partial charge in [-0.25, -0.2) is 9.18 Å². The largest absolute Gasteiger partial charge is 0.393 e. The third kappa shape index (κ3) is 2.39. The van der Waals surface area contributed by atoms with Crippen molar-refractivity contribution in [3.8, 4) is 0 Å². The van der Waals surface area contributed by atoms with E-state index in [4.69, 9.17) is 17.3 Å². The molecule has 0 unspecified atom stereocenters. The van der Waals surface area contributed by atoms with Crippen molar-refractivity contribution in [2.75, 3.05) is 5.73 Å². The van der Waals surface area contributed by atoms with Crippen LogP contribution in [0.5, 0.6) is 0 Å². The Morgan fingerprint density at radius 1 is 1.37 bits per heavy atom. The average molecular weight is 284 g/mol. The van der Waals surface area contributed by atoms with Crippen molar-refractivity contribution >= 4 is 17.3 Å². The Morgan fingerprint density at radius 2 is 2.05 bits per heavy atom. The van der Waals surface area contributed by atoms with Crippen molar-refractivity contribution in [3.05, 3.63) is 61.6 Å². The molecule has 0 aliphatic carbocycles. The van der Waals surface area contributed by atoms with E-state index in [-0.39, 0.29) is 17.3 Å². The number of nitrogens with zero attached hydrogens (tertiary/aromatic N) is 2. The molecule has 0 bridgehead atoms. The Bertz CT molecular complexity index is 717. The van der Waals surface area contributed by atoms with Crippen molar-refractivity contribution in [2.45, 2.75) is 6.54 Å². The summed E-state index contributed by atoms with van der Waals surface area (Å²) in [6.45, 7) is -0.132. The zero-order chi connectivity index (χ0) is 14.2. The molecular formula is C12H11ClFN3O2. The minimum absolute atomic E-state index is 0.0605. The van der Waals surface area contributed by atoms with Crippen LogP contribution in [0, 0.1) is 5.82 Å². The summed E-state index contributed by atoms with van der Waals surface area (Å²) in [4.78, 5) is 23.7. The van der Waals surface area contributed by atoms with Crippen molar-refractivity contribution in [1.82, 2.24) is 9.13 Å². The van der Waals surface area contributed by atoms with E-state index < -0.39 is 17.1 Å². The molecular weight excluding hydrogens is 273 g/mol.